The van der Waals surface area contributed by atoms with Crippen LogP contribution in [-0.2, 0) is 4.65 Å². The first-order valence-electron chi connectivity index (χ1n) is 5.26. The van der Waals surface area contributed by atoms with Crippen molar-refractivity contribution in [1.29, 1.82) is 0 Å². The predicted octanol–water partition coefficient (Wildman–Crippen LogP) is 0.197. The maximum Gasteiger partial charge on any atom is 0.494 e. The highest BCUT2D eigenvalue weighted by molar-refractivity contribution is 6.59. The number of hydrogen-bond donors (Lipinski definition) is 2. The van der Waals surface area contributed by atoms with E-state index >= 15 is 0 Å². The van der Waals surface area contributed by atoms with E-state index < -0.39 is 12.7 Å². The highest BCUT2D eigenvalue weighted by atomic mass is 16.5. The van der Waals surface area contributed by atoms with E-state index in [0.717, 1.165) is 0 Å². The Hall–Kier alpha value is -1.14. The van der Waals surface area contributed by atoms with Crippen LogP contribution in [0.5, 0.6) is 0 Å². The molecule has 0 saturated carbocycles. The van der Waals surface area contributed by atoms with Gasteiger partial charge in [0, 0.05) is 17.9 Å². The maximum atomic E-state index is 9.85. The van der Waals surface area contributed by atoms with Crippen molar-refractivity contribution in [3.8, 4) is 0 Å². The maximum absolute atomic E-state index is 9.85. The number of hydrogen-bond acceptors (Lipinski definition) is 5. The Labute approximate surface area is 96.2 Å². The summed E-state index contributed by atoms with van der Waals surface area (Å²) in [5, 5.41) is 9.85. The van der Waals surface area contributed by atoms with Crippen LogP contribution in [0, 0.1) is 5.92 Å². The van der Waals surface area contributed by atoms with E-state index in [1.54, 1.807) is 0 Å². The first-order valence-corrected chi connectivity index (χ1v) is 5.26. The van der Waals surface area contributed by atoms with Crippen LogP contribution in [0.3, 0.4) is 0 Å². The Morgan fingerprint density at radius 2 is 1.88 bits per heavy atom. The summed E-state index contributed by atoms with van der Waals surface area (Å²) in [6, 6.07) is 0. The van der Waals surface area contributed by atoms with E-state index in [-0.39, 0.29) is 11.9 Å². The second-order valence-electron chi connectivity index (χ2n) is 4.60. The third-order valence-corrected chi connectivity index (χ3v) is 2.78. The van der Waals surface area contributed by atoms with E-state index in [4.69, 9.17) is 10.4 Å². The first kappa shape index (κ1) is 12.9. The number of rotatable bonds is 4. The third-order valence-electron chi connectivity index (χ3n) is 2.78. The minimum atomic E-state index is -1.03. The summed E-state index contributed by atoms with van der Waals surface area (Å²) in [5.74, 6) is 0.468. The molecule has 0 fully saturated rings. The van der Waals surface area contributed by atoms with Crippen LogP contribution in [0.25, 0.3) is 0 Å². The Kier molecular flexibility index (Phi) is 3.88. The predicted molar refractivity (Wildman–Crippen MR) is 64.1 cm³/mol. The molecule has 1 heterocycles. The molecule has 6 heteroatoms. The van der Waals surface area contributed by atoms with Crippen molar-refractivity contribution in [3.63, 3.8) is 0 Å². The van der Waals surface area contributed by atoms with Gasteiger partial charge in [0.2, 0.25) is 5.95 Å². The van der Waals surface area contributed by atoms with Gasteiger partial charge in [-0.3, -0.25) is 0 Å². The molecule has 88 valence electrons. The highest BCUT2D eigenvalue weighted by Crippen LogP contribution is 2.20. The zero-order valence-electron chi connectivity index (χ0n) is 10.1. The zero-order valence-corrected chi connectivity index (χ0v) is 10.1. The van der Waals surface area contributed by atoms with Crippen molar-refractivity contribution >= 4 is 18.5 Å². The van der Waals surface area contributed by atoms with Gasteiger partial charge in [0.25, 0.3) is 0 Å². The molecular formula is C10H18BN3O2. The summed E-state index contributed by atoms with van der Waals surface area (Å²) >= 11 is 0. The van der Waals surface area contributed by atoms with Crippen LogP contribution >= 0.6 is 0 Å². The SMILES string of the molecule is CC(C)C(C)(C)OB(O)c1cnc(N)nc1. The number of anilines is 1. The first-order chi connectivity index (χ1) is 7.33. The van der Waals surface area contributed by atoms with Gasteiger partial charge in [0.1, 0.15) is 0 Å². The molecule has 0 aromatic carbocycles. The van der Waals surface area contributed by atoms with Crippen molar-refractivity contribution in [1.82, 2.24) is 9.97 Å². The Bertz CT molecular complexity index is 340. The normalized spacial score (nSPS) is 11.9. The molecule has 3 N–H and O–H groups in total. The summed E-state index contributed by atoms with van der Waals surface area (Å²) in [7, 11) is -1.03. The minimum Gasteiger partial charge on any atom is -0.423 e. The van der Waals surface area contributed by atoms with Gasteiger partial charge in [-0.05, 0) is 19.8 Å². The summed E-state index contributed by atoms with van der Waals surface area (Å²) in [6.45, 7) is 7.93. The van der Waals surface area contributed by atoms with Gasteiger partial charge in [-0.1, -0.05) is 13.8 Å². The van der Waals surface area contributed by atoms with Gasteiger partial charge >= 0.3 is 7.12 Å². The van der Waals surface area contributed by atoms with Crippen LogP contribution in [0.4, 0.5) is 5.95 Å². The third kappa shape index (κ3) is 3.18. The summed E-state index contributed by atoms with van der Waals surface area (Å²) in [4.78, 5) is 7.60. The lowest BCUT2D eigenvalue weighted by Gasteiger charge is -2.31. The topological polar surface area (TPSA) is 81.3 Å². The molecule has 0 aliphatic heterocycles. The second-order valence-corrected chi connectivity index (χ2v) is 4.60. The molecule has 0 aliphatic carbocycles. The zero-order chi connectivity index (χ0) is 12.3. The highest BCUT2D eigenvalue weighted by Gasteiger charge is 2.30. The van der Waals surface area contributed by atoms with Crippen molar-refractivity contribution in [2.45, 2.75) is 33.3 Å². The van der Waals surface area contributed by atoms with Crippen molar-refractivity contribution in [2.75, 3.05) is 5.73 Å². The number of nitrogens with two attached hydrogens (primary N) is 1. The van der Waals surface area contributed by atoms with Crippen LogP contribution < -0.4 is 11.2 Å². The minimum absolute atomic E-state index is 0.180. The molecule has 1 aromatic heterocycles. The average molecular weight is 223 g/mol. The average Bonchev–Trinajstić information content (AvgIpc) is 2.17. The molecule has 16 heavy (non-hydrogen) atoms. The fraction of sp³-hybridized carbons (Fsp3) is 0.600. The second kappa shape index (κ2) is 4.80. The summed E-state index contributed by atoms with van der Waals surface area (Å²) in [5.41, 5.74) is 5.44. The largest absolute Gasteiger partial charge is 0.494 e. The molecule has 0 spiro atoms. The van der Waals surface area contributed by atoms with Gasteiger partial charge in [-0.25, -0.2) is 9.97 Å². The molecule has 0 radical (unpaired) electrons. The molecule has 0 atom stereocenters. The number of nitrogen functional groups attached to an aromatic ring is 1. The quantitative estimate of drug-likeness (QED) is 0.712. The molecule has 5 nitrogen and oxygen atoms in total. The van der Waals surface area contributed by atoms with Gasteiger partial charge in [-0.2, -0.15) is 0 Å². The number of nitrogens with zero attached hydrogens (tertiary/aromatic N) is 2. The lowest BCUT2D eigenvalue weighted by Crippen LogP contribution is -2.44. The van der Waals surface area contributed by atoms with E-state index in [0.29, 0.717) is 5.46 Å². The molecule has 0 aliphatic rings. The van der Waals surface area contributed by atoms with E-state index in [1.165, 1.54) is 12.4 Å². The van der Waals surface area contributed by atoms with Crippen LogP contribution in [-0.4, -0.2) is 27.7 Å². The van der Waals surface area contributed by atoms with E-state index in [9.17, 15) is 5.02 Å². The van der Waals surface area contributed by atoms with Crippen LogP contribution in [0.1, 0.15) is 27.7 Å². The van der Waals surface area contributed by atoms with Crippen LogP contribution in [0.2, 0.25) is 0 Å². The molecule has 0 amide bonds. The van der Waals surface area contributed by atoms with Crippen molar-refractivity contribution in [2.24, 2.45) is 5.92 Å². The number of aromatic nitrogens is 2. The lowest BCUT2D eigenvalue weighted by molar-refractivity contribution is 0.0423. The summed E-state index contributed by atoms with van der Waals surface area (Å²) < 4.78 is 5.56. The molecular weight excluding hydrogens is 205 g/mol. The Morgan fingerprint density at radius 1 is 1.38 bits per heavy atom. The molecule has 0 saturated heterocycles. The van der Waals surface area contributed by atoms with Crippen LogP contribution in [0.15, 0.2) is 12.4 Å². The van der Waals surface area contributed by atoms with Gasteiger partial charge < -0.3 is 15.4 Å². The van der Waals surface area contributed by atoms with Crippen molar-refractivity contribution in [3.05, 3.63) is 12.4 Å². The fourth-order valence-electron chi connectivity index (χ4n) is 0.967. The fourth-order valence-corrected chi connectivity index (χ4v) is 0.967. The monoisotopic (exact) mass is 223 g/mol. The van der Waals surface area contributed by atoms with E-state index in [2.05, 4.69) is 9.97 Å². The molecule has 0 bridgehead atoms. The smallest absolute Gasteiger partial charge is 0.423 e. The molecule has 0 unspecified atom stereocenters. The lowest BCUT2D eigenvalue weighted by atomic mass is 9.79. The van der Waals surface area contributed by atoms with Crippen molar-refractivity contribution < 1.29 is 9.68 Å². The van der Waals surface area contributed by atoms with Gasteiger partial charge in [0.05, 0.1) is 5.60 Å². The summed E-state index contributed by atoms with van der Waals surface area (Å²) in [6.07, 6.45) is 2.92. The Balaban J connectivity index is 2.72. The van der Waals surface area contributed by atoms with Gasteiger partial charge in [-0.15, -0.1) is 0 Å². The molecule has 1 rings (SSSR count). The molecule has 1 aromatic rings. The Morgan fingerprint density at radius 3 is 2.31 bits per heavy atom. The standard InChI is InChI=1S/C10H18BN3O2/c1-7(2)10(3,4)16-11(15)8-5-13-9(12)14-6-8/h5-7,15H,1-4H3,(H2,12,13,14). The van der Waals surface area contributed by atoms with E-state index in [1.807, 2.05) is 27.7 Å². The van der Waals surface area contributed by atoms with Gasteiger partial charge in [0.15, 0.2) is 0 Å².